The van der Waals surface area contributed by atoms with Crippen LogP contribution in [-0.2, 0) is 4.79 Å². The van der Waals surface area contributed by atoms with Crippen molar-refractivity contribution >= 4 is 40.7 Å². The van der Waals surface area contributed by atoms with Crippen molar-refractivity contribution < 1.29 is 4.79 Å². The smallest absolute Gasteiger partial charge is 0.242 e. The van der Waals surface area contributed by atoms with Crippen LogP contribution in [0.15, 0.2) is 6.07 Å². The first-order chi connectivity index (χ1) is 8.85. The van der Waals surface area contributed by atoms with Crippen LogP contribution >= 0.6 is 23.2 Å². The van der Waals surface area contributed by atoms with Gasteiger partial charge in [-0.3, -0.25) is 4.79 Å². The van der Waals surface area contributed by atoms with Gasteiger partial charge in [0.15, 0.2) is 0 Å². The highest BCUT2D eigenvalue weighted by Gasteiger charge is 2.16. The molecule has 106 valence electrons. The number of pyridine rings is 1. The normalized spacial score (nSPS) is 12.2. The van der Waals surface area contributed by atoms with E-state index in [4.69, 9.17) is 23.2 Å². The van der Waals surface area contributed by atoms with Crippen LogP contribution in [0.2, 0.25) is 10.0 Å². The Morgan fingerprint density at radius 2 is 1.79 bits per heavy atom. The Labute approximate surface area is 123 Å². The van der Waals surface area contributed by atoms with Crippen molar-refractivity contribution in [3.05, 3.63) is 16.1 Å². The number of halogens is 2. The lowest BCUT2D eigenvalue weighted by atomic mass is 10.2. The van der Waals surface area contributed by atoms with Crippen LogP contribution in [0.4, 0.5) is 11.6 Å². The summed E-state index contributed by atoms with van der Waals surface area (Å²) >= 11 is 12.0. The van der Waals surface area contributed by atoms with Crippen molar-refractivity contribution in [3.8, 4) is 0 Å². The number of hydrogen-bond donors (Lipinski definition) is 3. The Morgan fingerprint density at radius 3 is 2.32 bits per heavy atom. The number of aromatic nitrogens is 1. The van der Waals surface area contributed by atoms with E-state index in [9.17, 15) is 4.79 Å². The lowest BCUT2D eigenvalue weighted by Crippen LogP contribution is -2.41. The van der Waals surface area contributed by atoms with Crippen molar-refractivity contribution in [2.45, 2.75) is 32.9 Å². The zero-order valence-corrected chi connectivity index (χ0v) is 12.9. The minimum atomic E-state index is -0.446. The van der Waals surface area contributed by atoms with Gasteiger partial charge in [0.1, 0.15) is 17.7 Å². The molecule has 5 nitrogen and oxygen atoms in total. The van der Waals surface area contributed by atoms with Gasteiger partial charge in [0.05, 0.1) is 10.0 Å². The van der Waals surface area contributed by atoms with E-state index in [0.29, 0.717) is 21.7 Å². The second kappa shape index (κ2) is 6.82. The fraction of sp³-hybridized carbons (Fsp3) is 0.500. The predicted octanol–water partition coefficient (Wildman–Crippen LogP) is 2.76. The topological polar surface area (TPSA) is 66.0 Å². The summed E-state index contributed by atoms with van der Waals surface area (Å²) in [5.41, 5.74) is 0. The van der Waals surface area contributed by atoms with Gasteiger partial charge in [0.2, 0.25) is 5.91 Å². The molecule has 19 heavy (non-hydrogen) atoms. The highest BCUT2D eigenvalue weighted by molar-refractivity contribution is 6.37. The maximum atomic E-state index is 11.8. The summed E-state index contributed by atoms with van der Waals surface area (Å²) in [5.74, 6) is 0.806. The Bertz CT molecular complexity index is 465. The molecule has 1 rings (SSSR count). The first-order valence-corrected chi connectivity index (χ1v) is 6.71. The molecule has 3 N–H and O–H groups in total. The average molecular weight is 305 g/mol. The summed E-state index contributed by atoms with van der Waals surface area (Å²) < 4.78 is 0. The lowest BCUT2D eigenvalue weighted by Gasteiger charge is -2.18. The van der Waals surface area contributed by atoms with Crippen LogP contribution in [0, 0.1) is 0 Å². The van der Waals surface area contributed by atoms with Gasteiger partial charge in [0, 0.05) is 13.1 Å². The molecule has 1 unspecified atom stereocenters. The van der Waals surface area contributed by atoms with Crippen molar-refractivity contribution in [2.75, 3.05) is 17.7 Å². The van der Waals surface area contributed by atoms with E-state index in [2.05, 4.69) is 20.9 Å². The van der Waals surface area contributed by atoms with Crippen molar-refractivity contribution in [1.82, 2.24) is 10.3 Å². The van der Waals surface area contributed by atoms with E-state index in [1.807, 2.05) is 13.8 Å². The van der Waals surface area contributed by atoms with Crippen LogP contribution in [0.5, 0.6) is 0 Å². The molecule has 0 saturated heterocycles. The molecule has 0 aliphatic heterocycles. The predicted molar refractivity (Wildman–Crippen MR) is 80.2 cm³/mol. The van der Waals surface area contributed by atoms with Crippen molar-refractivity contribution in [1.29, 1.82) is 0 Å². The van der Waals surface area contributed by atoms with Gasteiger partial charge >= 0.3 is 0 Å². The number of carbonyl (C=O) groups excluding carboxylic acids is 1. The second-order valence-electron chi connectivity index (χ2n) is 4.43. The summed E-state index contributed by atoms with van der Waals surface area (Å²) in [6, 6.07) is 1.22. The number of rotatable bonds is 5. The largest absolute Gasteiger partial charge is 0.372 e. The summed E-state index contributed by atoms with van der Waals surface area (Å²) in [5, 5.41) is 9.42. The molecule has 0 fully saturated rings. The third-order valence-corrected chi connectivity index (χ3v) is 2.92. The van der Waals surface area contributed by atoms with Gasteiger partial charge in [0.25, 0.3) is 0 Å². The highest BCUT2D eigenvalue weighted by Crippen LogP contribution is 2.29. The van der Waals surface area contributed by atoms with E-state index in [0.717, 1.165) is 0 Å². The highest BCUT2D eigenvalue weighted by atomic mass is 35.5. The Balaban J connectivity index is 2.84. The molecule has 0 bridgehead atoms. The molecule has 0 aromatic carbocycles. The molecule has 0 aliphatic carbocycles. The SMILES string of the molecule is CNc1nc(NC(C)C(=O)NC(C)C)c(Cl)cc1Cl. The molecule has 0 radical (unpaired) electrons. The molecular weight excluding hydrogens is 287 g/mol. The van der Waals surface area contributed by atoms with Gasteiger partial charge in [-0.1, -0.05) is 23.2 Å². The standard InChI is InChI=1S/C12H18Cl2N4O/c1-6(2)16-12(19)7(3)17-11-9(14)5-8(13)10(15-4)18-11/h5-7H,1-4H3,(H,16,19)(H2,15,17,18). The number of amides is 1. The van der Waals surface area contributed by atoms with Gasteiger partial charge in [-0.2, -0.15) is 0 Å². The van der Waals surface area contributed by atoms with E-state index < -0.39 is 6.04 Å². The van der Waals surface area contributed by atoms with E-state index in [1.54, 1.807) is 20.0 Å². The summed E-state index contributed by atoms with van der Waals surface area (Å²) in [6.07, 6.45) is 0. The maximum absolute atomic E-state index is 11.8. The van der Waals surface area contributed by atoms with E-state index in [-0.39, 0.29) is 11.9 Å². The number of carbonyl (C=O) groups is 1. The fourth-order valence-electron chi connectivity index (χ4n) is 1.42. The molecule has 0 saturated carbocycles. The van der Waals surface area contributed by atoms with Crippen LogP contribution in [-0.4, -0.2) is 30.0 Å². The van der Waals surface area contributed by atoms with Gasteiger partial charge < -0.3 is 16.0 Å². The summed E-state index contributed by atoms with van der Waals surface area (Å²) in [7, 11) is 1.71. The van der Waals surface area contributed by atoms with Gasteiger partial charge in [-0.25, -0.2) is 4.98 Å². The number of nitrogens with one attached hydrogen (secondary N) is 3. The van der Waals surface area contributed by atoms with Crippen LogP contribution < -0.4 is 16.0 Å². The van der Waals surface area contributed by atoms with E-state index >= 15 is 0 Å². The Hall–Kier alpha value is -1.20. The number of nitrogens with zero attached hydrogens (tertiary/aromatic N) is 1. The Morgan fingerprint density at radius 1 is 1.21 bits per heavy atom. The minimum Gasteiger partial charge on any atom is -0.372 e. The average Bonchev–Trinajstić information content (AvgIpc) is 2.31. The summed E-state index contributed by atoms with van der Waals surface area (Å²) in [4.78, 5) is 16.0. The molecule has 1 atom stereocenters. The van der Waals surface area contributed by atoms with Crippen molar-refractivity contribution in [3.63, 3.8) is 0 Å². The zero-order chi connectivity index (χ0) is 14.6. The molecule has 0 aliphatic rings. The first-order valence-electron chi connectivity index (χ1n) is 5.95. The molecule has 1 heterocycles. The molecular formula is C12H18Cl2N4O. The molecule has 1 aromatic rings. The molecule has 1 aromatic heterocycles. The summed E-state index contributed by atoms with van der Waals surface area (Å²) in [6.45, 7) is 5.54. The molecule has 1 amide bonds. The number of anilines is 2. The number of hydrogen-bond acceptors (Lipinski definition) is 4. The maximum Gasteiger partial charge on any atom is 0.242 e. The Kier molecular flexibility index (Phi) is 5.69. The van der Waals surface area contributed by atoms with Crippen LogP contribution in [0.3, 0.4) is 0 Å². The van der Waals surface area contributed by atoms with Crippen LogP contribution in [0.1, 0.15) is 20.8 Å². The minimum absolute atomic E-state index is 0.0817. The quantitative estimate of drug-likeness (QED) is 0.782. The lowest BCUT2D eigenvalue weighted by molar-refractivity contribution is -0.122. The first kappa shape index (κ1) is 15.9. The third kappa shape index (κ3) is 4.44. The van der Waals surface area contributed by atoms with E-state index in [1.165, 1.54) is 0 Å². The molecule has 7 heteroatoms. The monoisotopic (exact) mass is 304 g/mol. The zero-order valence-electron chi connectivity index (χ0n) is 11.3. The van der Waals surface area contributed by atoms with Gasteiger partial charge in [-0.15, -0.1) is 0 Å². The third-order valence-electron chi connectivity index (χ3n) is 2.34. The second-order valence-corrected chi connectivity index (χ2v) is 5.24. The fourth-order valence-corrected chi connectivity index (χ4v) is 1.93. The van der Waals surface area contributed by atoms with Gasteiger partial charge in [-0.05, 0) is 26.8 Å². The molecule has 0 spiro atoms. The van der Waals surface area contributed by atoms with Crippen LogP contribution in [0.25, 0.3) is 0 Å². The van der Waals surface area contributed by atoms with Crippen molar-refractivity contribution in [2.24, 2.45) is 0 Å².